The molecule has 8 nitrogen and oxygen atoms in total. The zero-order valence-corrected chi connectivity index (χ0v) is 23.9. The highest BCUT2D eigenvalue weighted by Gasteiger charge is 2.63. The van der Waals surface area contributed by atoms with E-state index in [-0.39, 0.29) is 36.0 Å². The second kappa shape index (κ2) is 11.1. The number of hydrogen-bond donors (Lipinski definition) is 1. The molecule has 1 heterocycles. The molecule has 216 valence electrons. The highest BCUT2D eigenvalue weighted by atomic mass is 16.5. The summed E-state index contributed by atoms with van der Waals surface area (Å²) in [5.41, 5.74) is 4.80. The van der Waals surface area contributed by atoms with E-state index in [1.807, 2.05) is 69.3 Å². The predicted molar refractivity (Wildman–Crippen MR) is 156 cm³/mol. The lowest BCUT2D eigenvalue weighted by molar-refractivity contribution is -0.160. The zero-order chi connectivity index (χ0) is 29.5. The first-order valence-corrected chi connectivity index (χ1v) is 14.5. The van der Waals surface area contributed by atoms with Gasteiger partial charge in [-0.2, -0.15) is 0 Å². The number of imide groups is 1. The van der Waals surface area contributed by atoms with Crippen LogP contribution in [0.1, 0.15) is 61.3 Å². The smallest absolute Gasteiger partial charge is 0.329 e. The lowest BCUT2D eigenvalue weighted by Gasteiger charge is -2.45. The number of ether oxygens (including phenoxy) is 2. The van der Waals surface area contributed by atoms with E-state index >= 15 is 0 Å². The Labute approximate surface area is 245 Å². The van der Waals surface area contributed by atoms with Crippen molar-refractivity contribution in [1.82, 2.24) is 4.90 Å². The van der Waals surface area contributed by atoms with E-state index in [2.05, 4.69) is 5.32 Å². The molecule has 0 saturated carbocycles. The van der Waals surface area contributed by atoms with Gasteiger partial charge in [0.25, 0.3) is 5.91 Å². The Morgan fingerprint density at radius 2 is 1.31 bits per heavy atom. The number of nitrogens with one attached hydrogen (secondary N) is 1. The van der Waals surface area contributed by atoms with Crippen LogP contribution in [-0.2, 0) is 23.9 Å². The fraction of sp³-hybridized carbons (Fsp3) is 0.353. The van der Waals surface area contributed by atoms with E-state index in [0.29, 0.717) is 18.0 Å². The van der Waals surface area contributed by atoms with Crippen molar-refractivity contribution in [2.24, 2.45) is 17.8 Å². The molecule has 3 aromatic rings. The summed E-state index contributed by atoms with van der Waals surface area (Å²) in [5.74, 6) is -2.98. The fourth-order valence-corrected chi connectivity index (χ4v) is 6.99. The fourth-order valence-electron chi connectivity index (χ4n) is 6.99. The average Bonchev–Trinajstić information content (AvgIpc) is 3.25. The summed E-state index contributed by atoms with van der Waals surface area (Å²) in [6.07, 6.45) is 0.242. The van der Waals surface area contributed by atoms with Gasteiger partial charge in [0.2, 0.25) is 11.8 Å². The molecule has 2 bridgehead atoms. The molecule has 7 rings (SSSR count). The number of rotatable bonds is 9. The van der Waals surface area contributed by atoms with Gasteiger partial charge >= 0.3 is 5.97 Å². The van der Waals surface area contributed by atoms with Crippen molar-refractivity contribution < 1.29 is 28.7 Å². The molecule has 1 N–H and O–H groups in total. The van der Waals surface area contributed by atoms with Gasteiger partial charge < -0.3 is 14.8 Å². The minimum Gasteiger partial charge on any atom is -0.494 e. The number of nitrogens with zero attached hydrogens (tertiary/aromatic N) is 1. The summed E-state index contributed by atoms with van der Waals surface area (Å²) in [4.78, 5) is 55.5. The van der Waals surface area contributed by atoms with Crippen LogP contribution in [0.25, 0.3) is 0 Å². The summed E-state index contributed by atoms with van der Waals surface area (Å²) in [5, 5.41) is 2.69. The number of likely N-dealkylation sites (tertiary alicyclic amines) is 1. The van der Waals surface area contributed by atoms with Crippen LogP contribution in [0.4, 0.5) is 5.69 Å². The first-order valence-electron chi connectivity index (χ1n) is 14.5. The third-order valence-corrected chi connectivity index (χ3v) is 8.56. The van der Waals surface area contributed by atoms with E-state index in [1.54, 1.807) is 24.3 Å². The molecular formula is C34H34N2O6. The van der Waals surface area contributed by atoms with Crippen LogP contribution in [0, 0.1) is 17.8 Å². The summed E-state index contributed by atoms with van der Waals surface area (Å²) >= 11 is 0. The first-order chi connectivity index (χ1) is 20.3. The van der Waals surface area contributed by atoms with Crippen LogP contribution >= 0.6 is 0 Å². The maximum Gasteiger partial charge on any atom is 0.329 e. The number of amides is 3. The molecule has 3 amide bonds. The molecular weight excluding hydrogens is 532 g/mol. The van der Waals surface area contributed by atoms with Gasteiger partial charge in [0.1, 0.15) is 11.8 Å². The standard InChI is InChI=1S/C34H34N2O6/c1-4-41-21-15-13-20(14-16-21)35-27(37)18-42-34(40)26(17-19(2)3)36-32(38)30-28-22-9-5-6-10-23(22)29(31(30)33(36)39)25-12-8-7-11-24(25)28/h5-16,19,26,28-31H,4,17-18H2,1-3H3,(H,35,37)/t26-,28?,29?,30+,31+/m0/s1. The molecule has 3 aromatic carbocycles. The number of hydrogen-bond acceptors (Lipinski definition) is 6. The molecule has 1 saturated heterocycles. The summed E-state index contributed by atoms with van der Waals surface area (Å²) in [6, 6.07) is 21.8. The number of esters is 1. The van der Waals surface area contributed by atoms with Gasteiger partial charge in [0.05, 0.1) is 18.4 Å². The molecule has 0 radical (unpaired) electrons. The van der Waals surface area contributed by atoms with Crippen LogP contribution in [0.5, 0.6) is 5.75 Å². The van der Waals surface area contributed by atoms with Crippen molar-refractivity contribution in [2.75, 3.05) is 18.5 Å². The lowest BCUT2D eigenvalue weighted by atomic mass is 9.55. The van der Waals surface area contributed by atoms with Gasteiger partial charge in [-0.1, -0.05) is 62.4 Å². The Hall–Kier alpha value is -4.46. The number of carbonyl (C=O) groups is 4. The van der Waals surface area contributed by atoms with Crippen molar-refractivity contribution in [3.8, 4) is 5.75 Å². The molecule has 0 aromatic heterocycles. The summed E-state index contributed by atoms with van der Waals surface area (Å²) in [7, 11) is 0. The van der Waals surface area contributed by atoms with Crippen molar-refractivity contribution in [2.45, 2.75) is 45.1 Å². The van der Waals surface area contributed by atoms with Gasteiger partial charge in [-0.3, -0.25) is 19.3 Å². The molecule has 1 fully saturated rings. The Bertz CT molecular complexity index is 1430. The SMILES string of the molecule is CCOc1ccc(NC(=O)COC(=O)[C@H](CC(C)C)N2C(=O)[C@@H]3C4c5ccccc5C(c5ccccc54)[C@H]3C2=O)cc1. The number of benzene rings is 3. The van der Waals surface area contributed by atoms with Gasteiger partial charge in [0, 0.05) is 17.5 Å². The third-order valence-electron chi connectivity index (χ3n) is 8.56. The minimum absolute atomic E-state index is 0.00502. The van der Waals surface area contributed by atoms with E-state index in [1.165, 1.54) is 0 Å². The largest absolute Gasteiger partial charge is 0.494 e. The number of anilines is 1. The monoisotopic (exact) mass is 566 g/mol. The molecule has 0 spiro atoms. The number of carbonyl (C=O) groups excluding carboxylic acids is 4. The van der Waals surface area contributed by atoms with E-state index < -0.39 is 36.4 Å². The predicted octanol–water partition coefficient (Wildman–Crippen LogP) is 4.87. The van der Waals surface area contributed by atoms with Crippen LogP contribution in [-0.4, -0.2) is 47.8 Å². The zero-order valence-electron chi connectivity index (χ0n) is 23.9. The highest BCUT2D eigenvalue weighted by Crippen LogP contribution is 2.61. The Morgan fingerprint density at radius 1 is 0.810 bits per heavy atom. The van der Waals surface area contributed by atoms with Crippen molar-refractivity contribution >= 4 is 29.4 Å². The van der Waals surface area contributed by atoms with Crippen molar-refractivity contribution in [1.29, 1.82) is 0 Å². The van der Waals surface area contributed by atoms with Gasteiger partial charge in [-0.15, -0.1) is 0 Å². The molecule has 3 aliphatic carbocycles. The Morgan fingerprint density at radius 3 is 1.76 bits per heavy atom. The normalized spacial score (nSPS) is 22.3. The molecule has 3 atom stereocenters. The maximum absolute atomic E-state index is 14.1. The maximum atomic E-state index is 14.1. The molecule has 8 heteroatoms. The topological polar surface area (TPSA) is 102 Å². The molecule has 42 heavy (non-hydrogen) atoms. The second-order valence-corrected chi connectivity index (χ2v) is 11.6. The first kappa shape index (κ1) is 27.7. The van der Waals surface area contributed by atoms with Crippen molar-refractivity contribution in [3.63, 3.8) is 0 Å². The van der Waals surface area contributed by atoms with Gasteiger partial charge in [0.15, 0.2) is 6.61 Å². The third kappa shape index (κ3) is 4.65. The summed E-state index contributed by atoms with van der Waals surface area (Å²) < 4.78 is 10.9. The van der Waals surface area contributed by atoms with E-state index in [9.17, 15) is 19.2 Å². The van der Waals surface area contributed by atoms with Crippen LogP contribution < -0.4 is 10.1 Å². The van der Waals surface area contributed by atoms with E-state index in [4.69, 9.17) is 9.47 Å². The van der Waals surface area contributed by atoms with Crippen LogP contribution in [0.2, 0.25) is 0 Å². The second-order valence-electron chi connectivity index (χ2n) is 11.6. The molecule has 4 aliphatic rings. The van der Waals surface area contributed by atoms with Crippen molar-refractivity contribution in [3.05, 3.63) is 95.1 Å². The minimum atomic E-state index is -1.11. The average molecular weight is 567 g/mol. The highest BCUT2D eigenvalue weighted by molar-refractivity contribution is 6.10. The van der Waals surface area contributed by atoms with E-state index in [0.717, 1.165) is 27.2 Å². The van der Waals surface area contributed by atoms with Crippen LogP contribution in [0.3, 0.4) is 0 Å². The molecule has 0 unspecified atom stereocenters. The molecule has 1 aliphatic heterocycles. The Balaban J connectivity index is 1.23. The van der Waals surface area contributed by atoms with Crippen LogP contribution in [0.15, 0.2) is 72.8 Å². The summed E-state index contributed by atoms with van der Waals surface area (Å²) in [6.45, 7) is 5.73. The lowest BCUT2D eigenvalue weighted by Crippen LogP contribution is -2.47. The van der Waals surface area contributed by atoms with Gasteiger partial charge in [-0.05, 0) is 65.8 Å². The Kier molecular flexibility index (Phi) is 7.31. The van der Waals surface area contributed by atoms with Gasteiger partial charge in [-0.25, -0.2) is 4.79 Å². The quantitative estimate of drug-likeness (QED) is 0.293.